The Balaban J connectivity index is 4.18. The molecule has 0 rings (SSSR count). The van der Waals surface area contributed by atoms with Crippen LogP contribution in [0.5, 0.6) is 0 Å². The summed E-state index contributed by atoms with van der Waals surface area (Å²) in [6, 6.07) is 0. The van der Waals surface area contributed by atoms with E-state index in [-0.39, 0.29) is 19.8 Å². The molecule has 150 valence electrons. The van der Waals surface area contributed by atoms with Gasteiger partial charge in [-0.3, -0.25) is 13.8 Å². The predicted molar refractivity (Wildman–Crippen MR) is 95.1 cm³/mol. The van der Waals surface area contributed by atoms with Gasteiger partial charge in [-0.1, -0.05) is 26.2 Å². The Hall–Kier alpha value is -0.500. The molecule has 0 aliphatic rings. The van der Waals surface area contributed by atoms with E-state index >= 15 is 0 Å². The molecule has 2 atom stereocenters. The number of nitrogens with zero attached hydrogens (tertiary/aromatic N) is 1. The van der Waals surface area contributed by atoms with Gasteiger partial charge in [0.05, 0.1) is 34.4 Å². The van der Waals surface area contributed by atoms with Crippen LogP contribution in [-0.4, -0.2) is 75.6 Å². The number of esters is 1. The van der Waals surface area contributed by atoms with Crippen molar-refractivity contribution in [2.75, 3.05) is 54.1 Å². The Labute approximate surface area is 151 Å². The Morgan fingerprint density at radius 3 is 2.32 bits per heavy atom. The zero-order valence-corrected chi connectivity index (χ0v) is 17.1. The molecule has 0 aromatic heterocycles. The number of quaternary nitrogens is 1. The lowest BCUT2D eigenvalue weighted by Gasteiger charge is -2.24. The second kappa shape index (κ2) is 12.8. The second-order valence-corrected chi connectivity index (χ2v) is 8.43. The first-order valence-electron chi connectivity index (χ1n) is 8.73. The highest BCUT2D eigenvalue weighted by Gasteiger charge is 2.25. The van der Waals surface area contributed by atoms with Gasteiger partial charge in [0.15, 0.2) is 0 Å². The van der Waals surface area contributed by atoms with Crippen molar-refractivity contribution in [1.29, 1.82) is 0 Å². The van der Waals surface area contributed by atoms with E-state index in [1.165, 1.54) is 6.92 Å². The Morgan fingerprint density at radius 2 is 1.76 bits per heavy atom. The van der Waals surface area contributed by atoms with Gasteiger partial charge in [0.25, 0.3) is 0 Å². The number of ether oxygens (including phenoxy) is 2. The number of carbonyl (C=O) groups excluding carboxylic acids is 1. The van der Waals surface area contributed by atoms with Crippen molar-refractivity contribution in [3.63, 3.8) is 0 Å². The van der Waals surface area contributed by atoms with E-state index < -0.39 is 19.9 Å². The number of likely N-dealkylation sites (N-methyl/N-ethyl adjacent to an activating group) is 1. The van der Waals surface area contributed by atoms with Crippen molar-refractivity contribution in [2.45, 2.75) is 45.6 Å². The van der Waals surface area contributed by atoms with Crippen molar-refractivity contribution in [1.82, 2.24) is 0 Å². The van der Waals surface area contributed by atoms with E-state index in [0.29, 0.717) is 17.6 Å². The van der Waals surface area contributed by atoms with E-state index in [0.717, 1.165) is 25.7 Å². The van der Waals surface area contributed by atoms with Gasteiger partial charge in [0.1, 0.15) is 19.3 Å². The highest BCUT2D eigenvalue weighted by Crippen LogP contribution is 2.43. The van der Waals surface area contributed by atoms with Crippen LogP contribution in [0.25, 0.3) is 0 Å². The second-order valence-electron chi connectivity index (χ2n) is 6.98. The summed E-state index contributed by atoms with van der Waals surface area (Å²) in [4.78, 5) is 20.8. The third-order valence-corrected chi connectivity index (χ3v) is 4.20. The topological polar surface area (TPSA) is 91.3 Å². The summed E-state index contributed by atoms with van der Waals surface area (Å²) < 4.78 is 32.8. The summed E-state index contributed by atoms with van der Waals surface area (Å²) >= 11 is 0. The largest absolute Gasteiger partial charge is 0.472 e. The van der Waals surface area contributed by atoms with E-state index in [4.69, 9.17) is 18.5 Å². The van der Waals surface area contributed by atoms with Gasteiger partial charge in [0, 0.05) is 13.5 Å². The van der Waals surface area contributed by atoms with E-state index in [9.17, 15) is 14.3 Å². The molecule has 0 heterocycles. The fourth-order valence-electron chi connectivity index (χ4n) is 1.84. The lowest BCUT2D eigenvalue weighted by atomic mass is 10.2. The number of hydrogen-bond donors (Lipinski definition) is 1. The number of phosphoric acid groups is 1. The van der Waals surface area contributed by atoms with Crippen molar-refractivity contribution >= 4 is 13.8 Å². The molecule has 8 nitrogen and oxygen atoms in total. The summed E-state index contributed by atoms with van der Waals surface area (Å²) in [5, 5.41) is 0. The van der Waals surface area contributed by atoms with Crippen LogP contribution in [0.3, 0.4) is 0 Å². The number of rotatable bonds is 15. The molecule has 0 aliphatic carbocycles. The molecule has 0 spiro atoms. The summed E-state index contributed by atoms with van der Waals surface area (Å²) in [5.41, 5.74) is 0. The molecule has 0 saturated heterocycles. The van der Waals surface area contributed by atoms with Gasteiger partial charge < -0.3 is 18.9 Å². The molecule has 0 saturated carbocycles. The summed E-state index contributed by atoms with van der Waals surface area (Å²) in [5.74, 6) is -0.498. The standard InChI is InChI=1S/C16H34NO7P/c1-6-7-8-9-11-21-13-16(24-15(2)18)14-23-25(19,20)22-12-10-17(3,4)5/h16H,6-14H2,1-5H3/p+1. The minimum absolute atomic E-state index is 0.0867. The average Bonchev–Trinajstić information content (AvgIpc) is 2.46. The van der Waals surface area contributed by atoms with E-state index in [1.807, 2.05) is 21.1 Å². The zero-order chi connectivity index (χ0) is 19.3. The van der Waals surface area contributed by atoms with Gasteiger partial charge in [-0.2, -0.15) is 0 Å². The zero-order valence-electron chi connectivity index (χ0n) is 16.2. The first-order valence-corrected chi connectivity index (χ1v) is 10.2. The molecule has 9 heteroatoms. The summed E-state index contributed by atoms with van der Waals surface area (Å²) in [7, 11) is 1.65. The third-order valence-electron chi connectivity index (χ3n) is 3.22. The molecule has 25 heavy (non-hydrogen) atoms. The van der Waals surface area contributed by atoms with Crippen molar-refractivity contribution in [2.24, 2.45) is 0 Å². The lowest BCUT2D eigenvalue weighted by Crippen LogP contribution is -2.37. The van der Waals surface area contributed by atoms with Crippen molar-refractivity contribution in [3.8, 4) is 0 Å². The SMILES string of the molecule is CCCCCCOCC(COP(=O)(O)OCC[N+](C)(C)C)OC(C)=O. The first-order chi connectivity index (χ1) is 11.6. The van der Waals surface area contributed by atoms with E-state index in [1.54, 1.807) is 0 Å². The quantitative estimate of drug-likeness (QED) is 0.201. The minimum Gasteiger partial charge on any atom is -0.458 e. The normalized spacial score (nSPS) is 15.6. The maximum atomic E-state index is 11.9. The molecular formula is C16H35NO7P+. The maximum absolute atomic E-state index is 11.9. The van der Waals surface area contributed by atoms with Crippen LogP contribution in [0.2, 0.25) is 0 Å². The fourth-order valence-corrected chi connectivity index (χ4v) is 2.58. The molecule has 0 amide bonds. The first kappa shape index (κ1) is 24.5. The van der Waals surface area contributed by atoms with Crippen LogP contribution in [0.4, 0.5) is 0 Å². The highest BCUT2D eigenvalue weighted by atomic mass is 31.2. The van der Waals surface area contributed by atoms with Gasteiger partial charge in [-0.15, -0.1) is 0 Å². The van der Waals surface area contributed by atoms with Gasteiger partial charge in [-0.25, -0.2) is 4.57 Å². The minimum atomic E-state index is -4.19. The lowest BCUT2D eigenvalue weighted by molar-refractivity contribution is -0.870. The molecule has 1 N–H and O–H groups in total. The molecule has 0 aromatic rings. The highest BCUT2D eigenvalue weighted by molar-refractivity contribution is 7.47. The van der Waals surface area contributed by atoms with Crippen LogP contribution in [-0.2, 0) is 27.9 Å². The van der Waals surface area contributed by atoms with Crippen molar-refractivity contribution in [3.05, 3.63) is 0 Å². The third kappa shape index (κ3) is 16.7. The predicted octanol–water partition coefficient (Wildman–Crippen LogP) is 2.35. The molecule has 0 aromatic carbocycles. The number of hydrogen-bond acceptors (Lipinski definition) is 6. The van der Waals surface area contributed by atoms with E-state index in [2.05, 4.69) is 6.92 Å². The fraction of sp³-hybridized carbons (Fsp3) is 0.938. The maximum Gasteiger partial charge on any atom is 0.472 e. The molecule has 0 aliphatic heterocycles. The van der Waals surface area contributed by atoms with Crippen LogP contribution < -0.4 is 0 Å². The van der Waals surface area contributed by atoms with Crippen molar-refractivity contribution < 1.29 is 37.3 Å². The molecule has 0 bridgehead atoms. The Morgan fingerprint density at radius 1 is 1.08 bits per heavy atom. The Bertz CT molecular complexity index is 412. The van der Waals surface area contributed by atoms with Gasteiger partial charge >= 0.3 is 13.8 Å². The Kier molecular flexibility index (Phi) is 12.5. The number of phosphoric ester groups is 1. The monoisotopic (exact) mass is 384 g/mol. The number of carbonyl (C=O) groups is 1. The average molecular weight is 384 g/mol. The summed E-state index contributed by atoms with van der Waals surface area (Å²) in [6.07, 6.45) is 3.55. The number of unbranched alkanes of at least 4 members (excludes halogenated alkanes) is 3. The molecular weight excluding hydrogens is 349 g/mol. The van der Waals surface area contributed by atoms with Crippen LogP contribution in [0, 0.1) is 0 Å². The van der Waals surface area contributed by atoms with Gasteiger partial charge in [0.2, 0.25) is 0 Å². The molecule has 0 fully saturated rings. The molecule has 0 radical (unpaired) electrons. The van der Waals surface area contributed by atoms with Crippen LogP contribution >= 0.6 is 7.82 Å². The van der Waals surface area contributed by atoms with Crippen LogP contribution in [0.1, 0.15) is 39.5 Å². The van der Waals surface area contributed by atoms with Crippen LogP contribution in [0.15, 0.2) is 0 Å². The summed E-state index contributed by atoms with van der Waals surface area (Å²) in [6.45, 7) is 4.45. The van der Waals surface area contributed by atoms with Gasteiger partial charge in [-0.05, 0) is 6.42 Å². The molecule has 2 unspecified atom stereocenters. The smallest absolute Gasteiger partial charge is 0.458 e.